The summed E-state index contributed by atoms with van der Waals surface area (Å²) in [6.45, 7) is 0.976. The van der Waals surface area contributed by atoms with Crippen molar-refractivity contribution in [1.82, 2.24) is 14.7 Å². The number of amides is 1. The smallest absolute Gasteiger partial charge is 0.265 e. The lowest BCUT2D eigenvalue weighted by atomic mass is 9.91. The summed E-state index contributed by atoms with van der Waals surface area (Å²) in [5.74, 6) is 0.685. The summed E-state index contributed by atoms with van der Waals surface area (Å²) in [4.78, 5) is 37.6. The summed E-state index contributed by atoms with van der Waals surface area (Å²) < 4.78 is 7.35. The molecule has 1 N–H and O–H groups in total. The standard InChI is InChI=1S/C20H21N3O4/c24-17-6-7-18(25)23(21-17)14-19(26)22-12-3-9-20(11-13-22)10-8-15-4-1-2-5-16(15)27-20/h1-2,4-8,10H,3,9,11-14H2,(H,21,24). The molecule has 1 aromatic heterocycles. The minimum absolute atomic E-state index is 0.165. The van der Waals surface area contributed by atoms with Crippen molar-refractivity contribution in [3.05, 3.63) is 68.7 Å². The molecule has 3 heterocycles. The lowest BCUT2D eigenvalue weighted by Gasteiger charge is -2.34. The van der Waals surface area contributed by atoms with Crippen molar-refractivity contribution in [2.75, 3.05) is 13.1 Å². The summed E-state index contributed by atoms with van der Waals surface area (Å²) >= 11 is 0. The molecule has 1 spiro atoms. The summed E-state index contributed by atoms with van der Waals surface area (Å²) in [5.41, 5.74) is -0.143. The molecule has 1 saturated heterocycles. The summed E-state index contributed by atoms with van der Waals surface area (Å²) in [5, 5.41) is 2.39. The maximum atomic E-state index is 12.6. The topological polar surface area (TPSA) is 84.4 Å². The zero-order valence-corrected chi connectivity index (χ0v) is 14.9. The van der Waals surface area contributed by atoms with E-state index in [4.69, 9.17) is 4.74 Å². The molecule has 27 heavy (non-hydrogen) atoms. The van der Waals surface area contributed by atoms with Gasteiger partial charge in [-0.15, -0.1) is 0 Å². The highest BCUT2D eigenvalue weighted by Crippen LogP contribution is 2.36. The van der Waals surface area contributed by atoms with Crippen LogP contribution in [0.4, 0.5) is 0 Å². The average molecular weight is 367 g/mol. The van der Waals surface area contributed by atoms with E-state index in [0.29, 0.717) is 19.5 Å². The van der Waals surface area contributed by atoms with Crippen LogP contribution in [0, 0.1) is 0 Å². The number of rotatable bonds is 2. The van der Waals surface area contributed by atoms with Gasteiger partial charge < -0.3 is 9.64 Å². The van der Waals surface area contributed by atoms with Crippen LogP contribution in [0.3, 0.4) is 0 Å². The Morgan fingerprint density at radius 1 is 1.11 bits per heavy atom. The molecule has 7 nitrogen and oxygen atoms in total. The summed E-state index contributed by atoms with van der Waals surface area (Å²) in [6.07, 6.45) is 6.50. The van der Waals surface area contributed by atoms with Crippen molar-refractivity contribution in [3.8, 4) is 5.75 Å². The fraction of sp³-hybridized carbons (Fsp3) is 0.350. The van der Waals surface area contributed by atoms with Crippen LogP contribution in [0.15, 0.2) is 52.1 Å². The number of aromatic amines is 1. The second-order valence-corrected chi connectivity index (χ2v) is 7.01. The first-order valence-corrected chi connectivity index (χ1v) is 9.10. The van der Waals surface area contributed by atoms with Crippen LogP contribution in [-0.4, -0.2) is 39.3 Å². The van der Waals surface area contributed by atoms with E-state index in [1.165, 1.54) is 6.07 Å². The summed E-state index contributed by atoms with van der Waals surface area (Å²) in [7, 11) is 0. The molecule has 0 radical (unpaired) electrons. The molecular formula is C20H21N3O4. The van der Waals surface area contributed by atoms with Crippen LogP contribution in [0.1, 0.15) is 24.8 Å². The Bertz CT molecular complexity index is 1010. The predicted octanol–water partition coefficient (Wildman–Crippen LogP) is 1.39. The highest BCUT2D eigenvalue weighted by molar-refractivity contribution is 5.76. The first kappa shape index (κ1) is 17.3. The largest absolute Gasteiger partial charge is 0.483 e. The fourth-order valence-corrected chi connectivity index (χ4v) is 3.67. The van der Waals surface area contributed by atoms with Gasteiger partial charge in [-0.05, 0) is 25.0 Å². The van der Waals surface area contributed by atoms with Gasteiger partial charge in [0.2, 0.25) is 5.91 Å². The van der Waals surface area contributed by atoms with E-state index in [1.54, 1.807) is 4.90 Å². The van der Waals surface area contributed by atoms with E-state index in [-0.39, 0.29) is 12.5 Å². The number of nitrogens with zero attached hydrogens (tertiary/aromatic N) is 2. The molecule has 2 aromatic rings. The van der Waals surface area contributed by atoms with Crippen LogP contribution < -0.4 is 15.9 Å². The van der Waals surface area contributed by atoms with Crippen molar-refractivity contribution in [1.29, 1.82) is 0 Å². The molecule has 1 atom stereocenters. The number of benzene rings is 1. The molecule has 4 rings (SSSR count). The van der Waals surface area contributed by atoms with Crippen molar-refractivity contribution in [2.45, 2.75) is 31.4 Å². The van der Waals surface area contributed by atoms with Gasteiger partial charge in [-0.25, -0.2) is 4.68 Å². The third-order valence-corrected chi connectivity index (χ3v) is 5.17. The van der Waals surface area contributed by atoms with Gasteiger partial charge in [0, 0.05) is 37.2 Å². The average Bonchev–Trinajstić information content (AvgIpc) is 2.87. The first-order valence-electron chi connectivity index (χ1n) is 9.10. The Morgan fingerprint density at radius 2 is 1.96 bits per heavy atom. The molecule has 0 saturated carbocycles. The second kappa shape index (κ2) is 6.90. The zero-order chi connectivity index (χ0) is 18.9. The Labute approximate surface area is 155 Å². The Balaban J connectivity index is 1.46. The third kappa shape index (κ3) is 3.58. The Kier molecular flexibility index (Phi) is 4.43. The lowest BCUT2D eigenvalue weighted by Crippen LogP contribution is -2.41. The number of aromatic nitrogens is 2. The third-order valence-electron chi connectivity index (χ3n) is 5.17. The molecule has 1 amide bonds. The Hall–Kier alpha value is -3.09. The maximum Gasteiger partial charge on any atom is 0.265 e. The van der Waals surface area contributed by atoms with E-state index in [0.717, 1.165) is 34.9 Å². The molecular weight excluding hydrogens is 346 g/mol. The van der Waals surface area contributed by atoms with Crippen LogP contribution in [0.25, 0.3) is 6.08 Å². The number of fused-ring (bicyclic) bond motifs is 1. The molecule has 2 aliphatic heterocycles. The highest BCUT2D eigenvalue weighted by atomic mass is 16.5. The fourth-order valence-electron chi connectivity index (χ4n) is 3.67. The SMILES string of the molecule is O=C(Cn1[nH]c(=O)ccc1=O)N1CCCC2(C=Cc3ccccc3O2)CC1. The van der Waals surface area contributed by atoms with Gasteiger partial charge in [-0.1, -0.05) is 24.3 Å². The lowest BCUT2D eigenvalue weighted by molar-refractivity contribution is -0.132. The molecule has 2 aliphatic rings. The van der Waals surface area contributed by atoms with Gasteiger partial charge in [0.1, 0.15) is 17.9 Å². The maximum absolute atomic E-state index is 12.6. The van der Waals surface area contributed by atoms with E-state index in [1.807, 2.05) is 24.3 Å². The number of likely N-dealkylation sites (tertiary alicyclic amines) is 1. The number of H-pyrrole nitrogens is 1. The number of nitrogens with one attached hydrogen (secondary N) is 1. The van der Waals surface area contributed by atoms with Crippen LogP contribution in [0.2, 0.25) is 0 Å². The van der Waals surface area contributed by atoms with E-state index < -0.39 is 16.7 Å². The van der Waals surface area contributed by atoms with E-state index >= 15 is 0 Å². The highest BCUT2D eigenvalue weighted by Gasteiger charge is 2.35. The van der Waals surface area contributed by atoms with E-state index in [9.17, 15) is 14.4 Å². The van der Waals surface area contributed by atoms with Crippen molar-refractivity contribution < 1.29 is 9.53 Å². The number of hydrogen-bond donors (Lipinski definition) is 1. The Morgan fingerprint density at radius 3 is 2.85 bits per heavy atom. The predicted molar refractivity (Wildman–Crippen MR) is 101 cm³/mol. The molecule has 0 bridgehead atoms. The number of ether oxygens (including phenoxy) is 1. The molecule has 1 fully saturated rings. The molecule has 140 valence electrons. The van der Waals surface area contributed by atoms with E-state index in [2.05, 4.69) is 17.3 Å². The van der Waals surface area contributed by atoms with Crippen molar-refractivity contribution in [2.24, 2.45) is 0 Å². The van der Waals surface area contributed by atoms with Crippen LogP contribution in [-0.2, 0) is 11.3 Å². The quantitative estimate of drug-likeness (QED) is 0.869. The number of para-hydroxylation sites is 1. The number of carbonyl (C=O) groups is 1. The van der Waals surface area contributed by atoms with Gasteiger partial charge in [-0.2, -0.15) is 0 Å². The minimum atomic E-state index is -0.406. The monoisotopic (exact) mass is 367 g/mol. The van der Waals surface area contributed by atoms with Gasteiger partial charge in [0.05, 0.1) is 0 Å². The molecule has 1 unspecified atom stereocenters. The minimum Gasteiger partial charge on any atom is -0.483 e. The number of carbonyl (C=O) groups excluding carboxylic acids is 1. The molecule has 1 aromatic carbocycles. The normalized spacial score (nSPS) is 21.4. The van der Waals surface area contributed by atoms with Gasteiger partial charge >= 0.3 is 0 Å². The van der Waals surface area contributed by atoms with Gasteiger partial charge in [0.15, 0.2) is 0 Å². The first-order chi connectivity index (χ1) is 13.0. The van der Waals surface area contributed by atoms with Crippen LogP contribution in [0.5, 0.6) is 5.75 Å². The molecule has 0 aliphatic carbocycles. The van der Waals surface area contributed by atoms with Gasteiger partial charge in [0.25, 0.3) is 11.1 Å². The van der Waals surface area contributed by atoms with Crippen molar-refractivity contribution in [3.63, 3.8) is 0 Å². The number of hydrogen-bond acceptors (Lipinski definition) is 4. The summed E-state index contributed by atoms with van der Waals surface area (Å²) in [6, 6.07) is 10.2. The van der Waals surface area contributed by atoms with Gasteiger partial charge in [-0.3, -0.25) is 19.5 Å². The van der Waals surface area contributed by atoms with Crippen LogP contribution >= 0.6 is 0 Å². The second-order valence-electron chi connectivity index (χ2n) is 7.01. The zero-order valence-electron chi connectivity index (χ0n) is 14.9. The van der Waals surface area contributed by atoms with Crippen molar-refractivity contribution >= 4 is 12.0 Å². The molecule has 7 heteroatoms.